The first kappa shape index (κ1) is 15.4. The van der Waals surface area contributed by atoms with Crippen molar-refractivity contribution < 1.29 is 4.79 Å². The van der Waals surface area contributed by atoms with Crippen LogP contribution in [0.4, 0.5) is 5.69 Å². The van der Waals surface area contributed by atoms with E-state index in [0.29, 0.717) is 5.75 Å². The number of hydrogen-bond acceptors (Lipinski definition) is 2. The van der Waals surface area contributed by atoms with E-state index in [0.717, 1.165) is 14.2 Å². The molecule has 0 atom stereocenters. The highest BCUT2D eigenvalue weighted by atomic mass is 127. The number of amides is 1. The molecule has 1 amide bonds. The summed E-state index contributed by atoms with van der Waals surface area (Å²) in [6.07, 6.45) is 0. The molecule has 0 aliphatic carbocycles. The monoisotopic (exact) mass is 419 g/mol. The van der Waals surface area contributed by atoms with Gasteiger partial charge in [-0.15, -0.1) is 11.8 Å². The summed E-state index contributed by atoms with van der Waals surface area (Å²) in [7, 11) is 0. The number of carbonyl (C=O) groups is 1. The van der Waals surface area contributed by atoms with Gasteiger partial charge in [0.05, 0.1) is 11.4 Å². The van der Waals surface area contributed by atoms with Crippen molar-refractivity contribution in [3.8, 4) is 0 Å². The first-order valence-corrected chi connectivity index (χ1v) is 8.95. The quantitative estimate of drug-likeness (QED) is 0.467. The normalized spacial score (nSPS) is 10.6. The van der Waals surface area contributed by atoms with Gasteiger partial charge in [0.2, 0.25) is 5.91 Å². The van der Waals surface area contributed by atoms with Gasteiger partial charge >= 0.3 is 0 Å². The summed E-state index contributed by atoms with van der Waals surface area (Å²) in [6.45, 7) is 0. The summed E-state index contributed by atoms with van der Waals surface area (Å²) in [5, 5.41) is 5.37. The van der Waals surface area contributed by atoms with Gasteiger partial charge in [-0.05, 0) is 57.6 Å². The fourth-order valence-corrected chi connectivity index (χ4v) is 3.42. The van der Waals surface area contributed by atoms with Crippen molar-refractivity contribution in [2.45, 2.75) is 4.90 Å². The summed E-state index contributed by atoms with van der Waals surface area (Å²) < 4.78 is 1.05. The molecule has 0 bridgehead atoms. The highest BCUT2D eigenvalue weighted by Gasteiger charge is 2.06. The Morgan fingerprint density at radius 2 is 1.68 bits per heavy atom. The van der Waals surface area contributed by atoms with Gasteiger partial charge in [0.15, 0.2) is 0 Å². The van der Waals surface area contributed by atoms with Crippen LogP contribution < -0.4 is 5.32 Å². The molecule has 2 nitrogen and oxygen atoms in total. The molecule has 3 aromatic carbocycles. The maximum atomic E-state index is 12.1. The zero-order chi connectivity index (χ0) is 15.4. The number of para-hydroxylation sites is 1. The molecule has 0 spiro atoms. The van der Waals surface area contributed by atoms with Crippen molar-refractivity contribution in [2.24, 2.45) is 0 Å². The minimum Gasteiger partial charge on any atom is -0.324 e. The van der Waals surface area contributed by atoms with Gasteiger partial charge in [-0.1, -0.05) is 42.5 Å². The van der Waals surface area contributed by atoms with Crippen LogP contribution in [0.2, 0.25) is 0 Å². The highest BCUT2D eigenvalue weighted by Crippen LogP contribution is 2.24. The van der Waals surface area contributed by atoms with Crippen LogP contribution >= 0.6 is 34.4 Å². The lowest BCUT2D eigenvalue weighted by Gasteiger charge is -2.07. The van der Waals surface area contributed by atoms with Crippen molar-refractivity contribution in [1.82, 2.24) is 0 Å². The maximum absolute atomic E-state index is 12.1. The third-order valence-electron chi connectivity index (χ3n) is 3.24. The average Bonchev–Trinajstić information content (AvgIpc) is 2.55. The molecule has 3 aromatic rings. The molecule has 4 heteroatoms. The van der Waals surface area contributed by atoms with Gasteiger partial charge in [0, 0.05) is 8.47 Å². The number of anilines is 1. The average molecular weight is 419 g/mol. The zero-order valence-corrected chi connectivity index (χ0v) is 14.7. The van der Waals surface area contributed by atoms with Gasteiger partial charge in [0.1, 0.15) is 0 Å². The van der Waals surface area contributed by atoms with Crippen LogP contribution in [0.1, 0.15) is 0 Å². The van der Waals surface area contributed by atoms with Crippen molar-refractivity contribution >= 4 is 56.7 Å². The predicted molar refractivity (Wildman–Crippen MR) is 102 cm³/mol. The van der Waals surface area contributed by atoms with E-state index in [1.54, 1.807) is 11.8 Å². The predicted octanol–water partition coefficient (Wildman–Crippen LogP) is 5.18. The molecule has 0 unspecified atom stereocenters. The first-order chi connectivity index (χ1) is 10.7. The zero-order valence-electron chi connectivity index (χ0n) is 11.8. The lowest BCUT2D eigenvalue weighted by molar-refractivity contribution is -0.113. The number of benzene rings is 3. The molecule has 0 radical (unpaired) electrons. The third-order valence-corrected chi connectivity index (χ3v) is 5.17. The van der Waals surface area contributed by atoms with Crippen LogP contribution in [-0.2, 0) is 4.79 Å². The number of carbonyl (C=O) groups excluding carboxylic acids is 1. The number of fused-ring (bicyclic) bond motifs is 1. The van der Waals surface area contributed by atoms with Gasteiger partial charge in [0.25, 0.3) is 0 Å². The van der Waals surface area contributed by atoms with Crippen molar-refractivity contribution in [2.75, 3.05) is 11.1 Å². The Morgan fingerprint density at radius 1 is 0.955 bits per heavy atom. The molecule has 3 rings (SSSR count). The molecule has 0 saturated heterocycles. The lowest BCUT2D eigenvalue weighted by Crippen LogP contribution is -2.14. The molecule has 0 heterocycles. The smallest absolute Gasteiger partial charge is 0.234 e. The lowest BCUT2D eigenvalue weighted by atomic mass is 10.1. The van der Waals surface area contributed by atoms with E-state index in [9.17, 15) is 4.79 Å². The number of halogens is 1. The van der Waals surface area contributed by atoms with E-state index < -0.39 is 0 Å². The molecular weight excluding hydrogens is 405 g/mol. The summed E-state index contributed by atoms with van der Waals surface area (Å²) in [6, 6.07) is 22.3. The molecule has 110 valence electrons. The Labute approximate surface area is 147 Å². The Morgan fingerprint density at radius 3 is 2.50 bits per heavy atom. The van der Waals surface area contributed by atoms with Crippen LogP contribution in [0, 0.1) is 3.57 Å². The van der Waals surface area contributed by atoms with Crippen LogP contribution in [0.5, 0.6) is 0 Å². The third kappa shape index (κ3) is 3.81. The van der Waals surface area contributed by atoms with Gasteiger partial charge < -0.3 is 5.32 Å². The van der Waals surface area contributed by atoms with Crippen molar-refractivity contribution in [3.63, 3.8) is 0 Å². The van der Waals surface area contributed by atoms with Gasteiger partial charge in [-0.3, -0.25) is 4.79 Å². The fourth-order valence-electron chi connectivity index (χ4n) is 2.15. The molecular formula is C18H14INOS. The highest BCUT2D eigenvalue weighted by molar-refractivity contribution is 14.1. The maximum Gasteiger partial charge on any atom is 0.234 e. The topological polar surface area (TPSA) is 29.1 Å². The molecule has 1 N–H and O–H groups in total. The van der Waals surface area contributed by atoms with E-state index in [1.165, 1.54) is 10.8 Å². The van der Waals surface area contributed by atoms with E-state index >= 15 is 0 Å². The van der Waals surface area contributed by atoms with E-state index in [-0.39, 0.29) is 5.91 Å². The second kappa shape index (κ2) is 7.15. The second-order valence-electron chi connectivity index (χ2n) is 4.83. The molecule has 0 aliphatic rings. The minimum atomic E-state index is 0.0160. The van der Waals surface area contributed by atoms with Crippen LogP contribution in [0.25, 0.3) is 10.8 Å². The first-order valence-electron chi connectivity index (χ1n) is 6.88. The number of thioether (sulfide) groups is 1. The van der Waals surface area contributed by atoms with Gasteiger partial charge in [-0.25, -0.2) is 0 Å². The number of rotatable bonds is 4. The van der Waals surface area contributed by atoms with Crippen LogP contribution in [0.3, 0.4) is 0 Å². The Balaban J connectivity index is 1.63. The fraction of sp³-hybridized carbons (Fsp3) is 0.0556. The molecule has 0 aliphatic heterocycles. The van der Waals surface area contributed by atoms with Crippen LogP contribution in [0.15, 0.2) is 71.6 Å². The van der Waals surface area contributed by atoms with Crippen molar-refractivity contribution in [3.05, 3.63) is 70.3 Å². The van der Waals surface area contributed by atoms with Gasteiger partial charge in [-0.2, -0.15) is 0 Å². The van der Waals surface area contributed by atoms with E-state index in [4.69, 9.17) is 0 Å². The Bertz CT molecular complexity index is 819. The summed E-state index contributed by atoms with van der Waals surface area (Å²) in [5.41, 5.74) is 0.868. The molecule has 22 heavy (non-hydrogen) atoms. The molecule has 0 aromatic heterocycles. The minimum absolute atomic E-state index is 0.0160. The molecule has 0 saturated carbocycles. The van der Waals surface area contributed by atoms with Crippen molar-refractivity contribution in [1.29, 1.82) is 0 Å². The summed E-state index contributed by atoms with van der Waals surface area (Å²) in [4.78, 5) is 13.2. The summed E-state index contributed by atoms with van der Waals surface area (Å²) >= 11 is 3.78. The second-order valence-corrected chi connectivity index (χ2v) is 7.04. The summed E-state index contributed by atoms with van der Waals surface area (Å²) in [5.74, 6) is 0.422. The Hall–Kier alpha value is -1.53. The van der Waals surface area contributed by atoms with E-state index in [1.807, 2.05) is 36.4 Å². The SMILES string of the molecule is O=C(CSc1ccc2ccccc2c1)Nc1ccccc1I. The Kier molecular flexibility index (Phi) is 5.00. The molecule has 0 fully saturated rings. The van der Waals surface area contributed by atoms with Crippen LogP contribution in [-0.4, -0.2) is 11.7 Å². The largest absolute Gasteiger partial charge is 0.324 e. The standard InChI is InChI=1S/C18H14INOS/c19-16-7-3-4-8-17(16)20-18(21)12-22-15-10-9-13-5-1-2-6-14(13)11-15/h1-11H,12H2,(H,20,21). The van der Waals surface area contributed by atoms with E-state index in [2.05, 4.69) is 58.2 Å². The number of nitrogens with one attached hydrogen (secondary N) is 1. The number of hydrogen-bond donors (Lipinski definition) is 1.